The molecule has 0 saturated carbocycles. The smallest absolute Gasteiger partial charge is 0.410 e. The van der Waals surface area contributed by atoms with Crippen LogP contribution in [-0.4, -0.2) is 41.8 Å². The molecule has 120 valence electrons. The third-order valence-corrected chi connectivity index (χ3v) is 2.72. The van der Waals surface area contributed by atoms with Gasteiger partial charge in [0.1, 0.15) is 23.7 Å². The van der Waals surface area contributed by atoms with Crippen molar-refractivity contribution in [2.45, 2.75) is 45.9 Å². The second kappa shape index (κ2) is 8.05. The second-order valence-corrected chi connectivity index (χ2v) is 5.96. The molecular formula is C15H26N2O4. The van der Waals surface area contributed by atoms with Crippen molar-refractivity contribution in [3.8, 4) is 0 Å². The third kappa shape index (κ3) is 7.15. The topological polar surface area (TPSA) is 74.9 Å². The average molecular weight is 298 g/mol. The summed E-state index contributed by atoms with van der Waals surface area (Å²) < 4.78 is 10.6. The Kier molecular flexibility index (Phi) is 6.71. The molecule has 6 heteroatoms. The molecule has 0 aliphatic heterocycles. The molecule has 1 aromatic heterocycles. The first-order valence-corrected chi connectivity index (χ1v) is 7.15. The molecule has 0 bridgehead atoms. The summed E-state index contributed by atoms with van der Waals surface area (Å²) in [5, 5.41) is 12.1. The molecule has 0 fully saturated rings. The van der Waals surface area contributed by atoms with Gasteiger partial charge in [0.2, 0.25) is 0 Å². The predicted octanol–water partition coefficient (Wildman–Crippen LogP) is 2.12. The fourth-order valence-electron chi connectivity index (χ4n) is 1.69. The number of nitrogens with zero attached hydrogens (tertiary/aromatic N) is 1. The molecule has 0 spiro atoms. The van der Waals surface area contributed by atoms with Crippen LogP contribution in [0.3, 0.4) is 0 Å². The Bertz CT molecular complexity index is 437. The van der Waals surface area contributed by atoms with Crippen molar-refractivity contribution in [2.24, 2.45) is 0 Å². The number of hydrogen-bond acceptors (Lipinski definition) is 5. The van der Waals surface area contributed by atoms with E-state index < -0.39 is 5.60 Å². The third-order valence-electron chi connectivity index (χ3n) is 2.72. The van der Waals surface area contributed by atoms with Crippen LogP contribution in [0.5, 0.6) is 0 Å². The summed E-state index contributed by atoms with van der Waals surface area (Å²) in [7, 11) is 1.73. The molecule has 1 rings (SSSR count). The first-order chi connectivity index (χ1) is 9.81. The van der Waals surface area contributed by atoms with Crippen molar-refractivity contribution in [1.82, 2.24) is 10.2 Å². The van der Waals surface area contributed by atoms with Crippen molar-refractivity contribution < 1.29 is 19.1 Å². The second-order valence-electron chi connectivity index (χ2n) is 5.96. The lowest BCUT2D eigenvalue weighted by molar-refractivity contribution is 0.0297. The molecular weight excluding hydrogens is 272 g/mol. The number of aliphatic hydroxyl groups excluding tert-OH is 1. The van der Waals surface area contributed by atoms with Crippen molar-refractivity contribution in [3.63, 3.8) is 0 Å². The SMILES string of the molecule is CN(CCCNCc1ccc(CO)o1)C(=O)OC(C)(C)C. The van der Waals surface area contributed by atoms with Crippen LogP contribution in [0.25, 0.3) is 0 Å². The van der Waals surface area contributed by atoms with Gasteiger partial charge in [0.05, 0.1) is 6.54 Å². The Morgan fingerprint density at radius 2 is 2.05 bits per heavy atom. The molecule has 6 nitrogen and oxygen atoms in total. The number of furan rings is 1. The number of carbonyl (C=O) groups excluding carboxylic acids is 1. The highest BCUT2D eigenvalue weighted by Gasteiger charge is 2.18. The quantitative estimate of drug-likeness (QED) is 0.754. The van der Waals surface area contributed by atoms with E-state index in [-0.39, 0.29) is 12.7 Å². The number of amides is 1. The molecule has 0 aromatic carbocycles. The zero-order chi connectivity index (χ0) is 15.9. The van der Waals surface area contributed by atoms with E-state index in [9.17, 15) is 4.79 Å². The van der Waals surface area contributed by atoms with Crippen LogP contribution < -0.4 is 5.32 Å². The number of hydrogen-bond donors (Lipinski definition) is 2. The summed E-state index contributed by atoms with van der Waals surface area (Å²) in [5.41, 5.74) is -0.465. The van der Waals surface area contributed by atoms with Gasteiger partial charge in [-0.3, -0.25) is 0 Å². The first kappa shape index (κ1) is 17.5. The molecule has 0 aliphatic carbocycles. The monoisotopic (exact) mass is 298 g/mol. The van der Waals surface area contributed by atoms with Gasteiger partial charge in [0, 0.05) is 13.6 Å². The molecule has 0 atom stereocenters. The minimum Gasteiger partial charge on any atom is -0.462 e. The molecule has 1 aromatic rings. The minimum absolute atomic E-state index is 0.0827. The average Bonchev–Trinajstić information content (AvgIpc) is 2.84. The summed E-state index contributed by atoms with van der Waals surface area (Å²) >= 11 is 0. The summed E-state index contributed by atoms with van der Waals surface area (Å²) in [5.74, 6) is 1.36. The van der Waals surface area contributed by atoms with Crippen molar-refractivity contribution in [2.75, 3.05) is 20.1 Å². The molecule has 0 radical (unpaired) electrons. The Labute approximate surface area is 126 Å². The van der Waals surface area contributed by atoms with Gasteiger partial charge in [-0.05, 0) is 45.9 Å². The molecule has 1 heterocycles. The minimum atomic E-state index is -0.465. The number of nitrogens with one attached hydrogen (secondary N) is 1. The van der Waals surface area contributed by atoms with Gasteiger partial charge in [-0.25, -0.2) is 4.79 Å². The zero-order valence-electron chi connectivity index (χ0n) is 13.3. The Hall–Kier alpha value is -1.53. The highest BCUT2D eigenvalue weighted by atomic mass is 16.6. The lowest BCUT2D eigenvalue weighted by atomic mass is 10.2. The van der Waals surface area contributed by atoms with Crippen molar-refractivity contribution in [3.05, 3.63) is 23.7 Å². The predicted molar refractivity (Wildman–Crippen MR) is 79.8 cm³/mol. The summed E-state index contributed by atoms with van der Waals surface area (Å²) in [4.78, 5) is 13.3. The van der Waals surface area contributed by atoms with Crippen LogP contribution in [0.15, 0.2) is 16.5 Å². The van der Waals surface area contributed by atoms with Crippen molar-refractivity contribution >= 4 is 6.09 Å². The van der Waals surface area contributed by atoms with E-state index in [1.165, 1.54) is 0 Å². The number of ether oxygens (including phenoxy) is 1. The fraction of sp³-hybridized carbons (Fsp3) is 0.667. The van der Waals surface area contributed by atoms with E-state index in [2.05, 4.69) is 5.32 Å². The van der Waals surface area contributed by atoms with Crippen LogP contribution in [-0.2, 0) is 17.9 Å². The Morgan fingerprint density at radius 3 is 2.62 bits per heavy atom. The normalized spacial score (nSPS) is 11.5. The molecule has 0 saturated heterocycles. The number of rotatable bonds is 7. The van der Waals surface area contributed by atoms with Gasteiger partial charge in [-0.1, -0.05) is 0 Å². The van der Waals surface area contributed by atoms with Crippen LogP contribution >= 0.6 is 0 Å². The van der Waals surface area contributed by atoms with E-state index in [4.69, 9.17) is 14.3 Å². The van der Waals surface area contributed by atoms with Gasteiger partial charge >= 0.3 is 6.09 Å². The van der Waals surface area contributed by atoms with E-state index in [0.717, 1.165) is 18.7 Å². The maximum atomic E-state index is 11.7. The number of aliphatic hydroxyl groups is 1. The van der Waals surface area contributed by atoms with Crippen LogP contribution in [0, 0.1) is 0 Å². The summed E-state index contributed by atoms with van der Waals surface area (Å²) in [6.07, 6.45) is 0.518. The van der Waals surface area contributed by atoms with E-state index in [1.54, 1.807) is 18.0 Å². The fourth-order valence-corrected chi connectivity index (χ4v) is 1.69. The van der Waals surface area contributed by atoms with Crippen LogP contribution in [0.1, 0.15) is 38.7 Å². The highest BCUT2D eigenvalue weighted by molar-refractivity contribution is 5.67. The highest BCUT2D eigenvalue weighted by Crippen LogP contribution is 2.09. The first-order valence-electron chi connectivity index (χ1n) is 7.15. The molecule has 1 amide bonds. The molecule has 0 aliphatic rings. The van der Waals surface area contributed by atoms with Gasteiger partial charge in [-0.2, -0.15) is 0 Å². The number of carbonyl (C=O) groups is 1. The maximum absolute atomic E-state index is 11.7. The van der Waals surface area contributed by atoms with E-state index in [1.807, 2.05) is 26.8 Å². The van der Waals surface area contributed by atoms with Crippen LogP contribution in [0.2, 0.25) is 0 Å². The van der Waals surface area contributed by atoms with Gasteiger partial charge in [0.25, 0.3) is 0 Å². The molecule has 0 unspecified atom stereocenters. The lowest BCUT2D eigenvalue weighted by Gasteiger charge is -2.24. The van der Waals surface area contributed by atoms with Crippen LogP contribution in [0.4, 0.5) is 4.79 Å². The lowest BCUT2D eigenvalue weighted by Crippen LogP contribution is -2.35. The molecule has 2 N–H and O–H groups in total. The largest absolute Gasteiger partial charge is 0.462 e. The van der Waals surface area contributed by atoms with Gasteiger partial charge in [-0.15, -0.1) is 0 Å². The molecule has 21 heavy (non-hydrogen) atoms. The summed E-state index contributed by atoms with van der Waals surface area (Å²) in [6.45, 7) is 7.47. The zero-order valence-corrected chi connectivity index (χ0v) is 13.3. The van der Waals surface area contributed by atoms with E-state index in [0.29, 0.717) is 18.8 Å². The Morgan fingerprint density at radius 1 is 1.38 bits per heavy atom. The van der Waals surface area contributed by atoms with Gasteiger partial charge in [0.15, 0.2) is 0 Å². The van der Waals surface area contributed by atoms with Gasteiger partial charge < -0.3 is 24.5 Å². The Balaban J connectivity index is 2.14. The van der Waals surface area contributed by atoms with E-state index >= 15 is 0 Å². The van der Waals surface area contributed by atoms with Crippen molar-refractivity contribution in [1.29, 1.82) is 0 Å². The standard InChI is InChI=1S/C15H26N2O4/c1-15(2,3)21-14(19)17(4)9-5-8-16-10-12-6-7-13(11-18)20-12/h6-7,16,18H,5,8-11H2,1-4H3. The maximum Gasteiger partial charge on any atom is 0.410 e. The summed E-state index contributed by atoms with van der Waals surface area (Å²) in [6, 6.07) is 3.60.